The number of carbonyl (C=O) groups excluding carboxylic acids is 3. The van der Waals surface area contributed by atoms with Crippen molar-refractivity contribution in [1.29, 1.82) is 0 Å². The van der Waals surface area contributed by atoms with Gasteiger partial charge in [0.1, 0.15) is 13.2 Å². The lowest BCUT2D eigenvalue weighted by Crippen LogP contribution is -2.30. The molecule has 6 heteroatoms. The Hall–Kier alpha value is -2.37. The summed E-state index contributed by atoms with van der Waals surface area (Å²) in [6.07, 6.45) is 71.4. The Labute approximate surface area is 435 Å². The quantitative estimate of drug-likeness (QED) is 0.0261. The first-order chi connectivity index (χ1) is 34.5. The third-order valence-corrected chi connectivity index (χ3v) is 13.8. The second-order valence-corrected chi connectivity index (χ2v) is 21.0. The second-order valence-electron chi connectivity index (χ2n) is 21.0. The van der Waals surface area contributed by atoms with Crippen LogP contribution in [0.3, 0.4) is 0 Å². The van der Waals surface area contributed by atoms with E-state index in [-0.39, 0.29) is 31.1 Å². The van der Waals surface area contributed by atoms with Crippen molar-refractivity contribution in [2.75, 3.05) is 13.2 Å². The van der Waals surface area contributed by atoms with E-state index in [0.29, 0.717) is 19.3 Å². The van der Waals surface area contributed by atoms with Crippen molar-refractivity contribution < 1.29 is 28.6 Å². The zero-order chi connectivity index (χ0) is 50.7. The van der Waals surface area contributed by atoms with E-state index in [9.17, 15) is 14.4 Å². The van der Waals surface area contributed by atoms with Crippen molar-refractivity contribution in [3.8, 4) is 0 Å². The predicted molar refractivity (Wildman–Crippen MR) is 302 cm³/mol. The maximum Gasteiger partial charge on any atom is 0.306 e. The second kappa shape index (κ2) is 59.2. The van der Waals surface area contributed by atoms with Crippen LogP contribution in [0.25, 0.3) is 0 Å². The number of hydrogen-bond acceptors (Lipinski definition) is 6. The fourth-order valence-corrected chi connectivity index (χ4v) is 9.13. The highest BCUT2D eigenvalue weighted by Gasteiger charge is 2.19. The molecular formula is C64H118O6. The molecule has 0 aromatic heterocycles. The van der Waals surface area contributed by atoms with Gasteiger partial charge in [0.05, 0.1) is 0 Å². The molecule has 0 radical (unpaired) electrons. The highest BCUT2D eigenvalue weighted by molar-refractivity contribution is 5.71. The summed E-state index contributed by atoms with van der Waals surface area (Å²) in [5.41, 5.74) is 0. The normalized spacial score (nSPS) is 12.2. The Morgan fingerprint density at radius 1 is 0.271 bits per heavy atom. The van der Waals surface area contributed by atoms with Gasteiger partial charge in [-0.1, -0.05) is 256 Å². The van der Waals surface area contributed by atoms with E-state index in [1.165, 1.54) is 231 Å². The Bertz CT molecular complexity index is 1170. The summed E-state index contributed by atoms with van der Waals surface area (Å²) in [6.45, 7) is 6.66. The number of rotatable bonds is 57. The maximum absolute atomic E-state index is 12.9. The average Bonchev–Trinajstić information content (AvgIpc) is 3.36. The largest absolute Gasteiger partial charge is 0.462 e. The topological polar surface area (TPSA) is 78.9 Å². The zero-order valence-corrected chi connectivity index (χ0v) is 47.1. The number of unbranched alkanes of at least 4 members (excludes halogenated alkanes) is 40. The van der Waals surface area contributed by atoms with Gasteiger partial charge in [0.15, 0.2) is 6.10 Å². The molecule has 1 atom stereocenters. The summed E-state index contributed by atoms with van der Waals surface area (Å²) in [7, 11) is 0. The standard InChI is InChI=1S/C64H118O6/c1-4-7-10-13-16-19-22-25-28-30-31-32-33-35-36-39-42-45-48-51-54-57-63(66)69-60-61(59-68-62(65)56-53-50-47-44-41-38-27-24-21-18-15-12-9-6-3)70-64(67)58-55-52-49-46-43-40-37-34-29-26-23-20-17-14-11-8-5-2/h24,26-27,29-31,61H,4-23,25,28,32-60H2,1-3H3/b27-24-,29-26-,31-30-. The van der Waals surface area contributed by atoms with Crippen molar-refractivity contribution in [1.82, 2.24) is 0 Å². The monoisotopic (exact) mass is 983 g/mol. The third-order valence-electron chi connectivity index (χ3n) is 13.8. The first-order valence-corrected chi connectivity index (χ1v) is 31.0. The van der Waals surface area contributed by atoms with Gasteiger partial charge in [0.2, 0.25) is 0 Å². The lowest BCUT2D eigenvalue weighted by Gasteiger charge is -2.18. The van der Waals surface area contributed by atoms with E-state index in [1.807, 2.05) is 0 Å². The molecule has 0 aliphatic carbocycles. The predicted octanol–water partition coefficient (Wildman–Crippen LogP) is 20.8. The van der Waals surface area contributed by atoms with Gasteiger partial charge in [-0.15, -0.1) is 0 Å². The smallest absolute Gasteiger partial charge is 0.306 e. The van der Waals surface area contributed by atoms with E-state index >= 15 is 0 Å². The molecule has 1 unspecified atom stereocenters. The Morgan fingerprint density at radius 2 is 0.471 bits per heavy atom. The van der Waals surface area contributed by atoms with Crippen LogP contribution in [0.4, 0.5) is 0 Å². The molecule has 0 saturated carbocycles. The first kappa shape index (κ1) is 67.6. The van der Waals surface area contributed by atoms with Crippen molar-refractivity contribution >= 4 is 17.9 Å². The van der Waals surface area contributed by atoms with Crippen LogP contribution >= 0.6 is 0 Å². The molecule has 0 fully saturated rings. The minimum absolute atomic E-state index is 0.0750. The van der Waals surface area contributed by atoms with E-state index in [4.69, 9.17) is 14.2 Å². The SMILES string of the molecule is CCCCCCC/C=C\CCCCCCCC(=O)OCC(COC(=O)CCCCCCCCCCC/C=C\CCCCCCCCCC)OC(=O)CCCCCCCCC/C=C\CCCCCCCC. The molecule has 0 N–H and O–H groups in total. The zero-order valence-electron chi connectivity index (χ0n) is 47.1. The van der Waals surface area contributed by atoms with Gasteiger partial charge in [0.25, 0.3) is 0 Å². The molecule has 6 nitrogen and oxygen atoms in total. The minimum Gasteiger partial charge on any atom is -0.462 e. The Kier molecular flexibility index (Phi) is 57.2. The molecule has 0 bridgehead atoms. The van der Waals surface area contributed by atoms with E-state index in [1.54, 1.807) is 0 Å². The summed E-state index contributed by atoms with van der Waals surface area (Å²) in [5.74, 6) is -0.871. The van der Waals surface area contributed by atoms with Crippen LogP contribution in [-0.4, -0.2) is 37.2 Å². The molecule has 410 valence electrons. The van der Waals surface area contributed by atoms with Crippen LogP contribution < -0.4 is 0 Å². The Balaban J connectivity index is 4.32. The van der Waals surface area contributed by atoms with Gasteiger partial charge >= 0.3 is 17.9 Å². The molecule has 0 aliphatic heterocycles. The van der Waals surface area contributed by atoms with Crippen molar-refractivity contribution in [2.24, 2.45) is 0 Å². The van der Waals surface area contributed by atoms with Gasteiger partial charge < -0.3 is 14.2 Å². The summed E-state index contributed by atoms with van der Waals surface area (Å²) >= 11 is 0. The third kappa shape index (κ3) is 56.5. The number of esters is 3. The fraction of sp³-hybridized carbons (Fsp3) is 0.859. The number of allylic oxidation sites excluding steroid dienone is 6. The number of ether oxygens (including phenoxy) is 3. The van der Waals surface area contributed by atoms with Crippen LogP contribution in [0.2, 0.25) is 0 Å². The van der Waals surface area contributed by atoms with Gasteiger partial charge in [-0.2, -0.15) is 0 Å². The van der Waals surface area contributed by atoms with Crippen LogP contribution in [0.5, 0.6) is 0 Å². The molecule has 0 amide bonds. The molecule has 70 heavy (non-hydrogen) atoms. The molecule has 0 rings (SSSR count). The summed E-state index contributed by atoms with van der Waals surface area (Å²) in [4.78, 5) is 38.2. The first-order valence-electron chi connectivity index (χ1n) is 31.0. The fourth-order valence-electron chi connectivity index (χ4n) is 9.13. The van der Waals surface area contributed by atoms with Crippen LogP contribution in [0, 0.1) is 0 Å². The van der Waals surface area contributed by atoms with Crippen molar-refractivity contribution in [3.63, 3.8) is 0 Å². The summed E-state index contributed by atoms with van der Waals surface area (Å²) in [5, 5.41) is 0. The van der Waals surface area contributed by atoms with Gasteiger partial charge in [-0.25, -0.2) is 0 Å². The molecule has 0 saturated heterocycles. The van der Waals surface area contributed by atoms with E-state index in [0.717, 1.165) is 64.2 Å². The highest BCUT2D eigenvalue weighted by Crippen LogP contribution is 2.16. The molecule has 0 heterocycles. The van der Waals surface area contributed by atoms with Crippen LogP contribution in [-0.2, 0) is 28.6 Å². The van der Waals surface area contributed by atoms with E-state index in [2.05, 4.69) is 57.2 Å². The summed E-state index contributed by atoms with van der Waals surface area (Å²) in [6, 6.07) is 0. The van der Waals surface area contributed by atoms with Crippen molar-refractivity contribution in [2.45, 2.75) is 341 Å². The average molecular weight is 984 g/mol. The minimum atomic E-state index is -0.777. The van der Waals surface area contributed by atoms with Gasteiger partial charge in [-0.3, -0.25) is 14.4 Å². The van der Waals surface area contributed by atoms with Crippen LogP contribution in [0.1, 0.15) is 335 Å². The number of hydrogen-bond donors (Lipinski definition) is 0. The molecule has 0 spiro atoms. The molecule has 0 aliphatic rings. The van der Waals surface area contributed by atoms with Gasteiger partial charge in [0, 0.05) is 19.3 Å². The lowest BCUT2D eigenvalue weighted by atomic mass is 10.1. The van der Waals surface area contributed by atoms with Crippen molar-refractivity contribution in [3.05, 3.63) is 36.5 Å². The lowest BCUT2D eigenvalue weighted by molar-refractivity contribution is -0.167. The maximum atomic E-state index is 12.9. The Morgan fingerprint density at radius 3 is 0.714 bits per heavy atom. The molecular weight excluding hydrogens is 865 g/mol. The molecule has 0 aromatic rings. The summed E-state index contributed by atoms with van der Waals surface area (Å²) < 4.78 is 16.9. The van der Waals surface area contributed by atoms with Gasteiger partial charge in [-0.05, 0) is 96.3 Å². The highest BCUT2D eigenvalue weighted by atomic mass is 16.6. The van der Waals surface area contributed by atoms with Crippen LogP contribution in [0.15, 0.2) is 36.5 Å². The van der Waals surface area contributed by atoms with E-state index < -0.39 is 6.10 Å². The number of carbonyl (C=O) groups is 3. The molecule has 0 aromatic carbocycles.